The van der Waals surface area contributed by atoms with Gasteiger partial charge in [-0.25, -0.2) is 14.8 Å². The van der Waals surface area contributed by atoms with Gasteiger partial charge in [-0.05, 0) is 18.9 Å². The summed E-state index contributed by atoms with van der Waals surface area (Å²) in [5, 5.41) is 9.21. The van der Waals surface area contributed by atoms with Gasteiger partial charge in [0.1, 0.15) is 11.6 Å². The number of benzene rings is 1. The zero-order valence-corrected chi connectivity index (χ0v) is 11.7. The summed E-state index contributed by atoms with van der Waals surface area (Å²) in [6.07, 6.45) is 3.97. The quantitative estimate of drug-likeness (QED) is 0.913. The van der Waals surface area contributed by atoms with E-state index in [1.54, 1.807) is 7.11 Å². The van der Waals surface area contributed by atoms with E-state index in [0.29, 0.717) is 17.9 Å². The molecular weight excluding hydrogens is 268 g/mol. The smallest absolute Gasteiger partial charge is 0.339 e. The lowest BCUT2D eigenvalue weighted by molar-refractivity contribution is 0.0694. The van der Waals surface area contributed by atoms with E-state index < -0.39 is 5.97 Å². The van der Waals surface area contributed by atoms with Gasteiger partial charge in [0.05, 0.1) is 18.4 Å². The average molecular weight is 284 g/mol. The lowest BCUT2D eigenvalue weighted by Crippen LogP contribution is -2.09. The predicted molar refractivity (Wildman–Crippen MR) is 76.8 cm³/mol. The molecule has 5 nitrogen and oxygen atoms in total. The monoisotopic (exact) mass is 284 g/mol. The number of nitrogens with zero attached hydrogens (tertiary/aromatic N) is 2. The SMILES string of the molecule is COc1ccccc1Cc1ncc(C(=O)O)c(C2CC2)n1. The van der Waals surface area contributed by atoms with Crippen LogP contribution in [0.3, 0.4) is 0 Å². The highest BCUT2D eigenvalue weighted by atomic mass is 16.5. The molecule has 0 atom stereocenters. The number of carboxylic acids is 1. The Morgan fingerprint density at radius 3 is 2.81 bits per heavy atom. The topological polar surface area (TPSA) is 72.3 Å². The molecule has 0 saturated heterocycles. The molecule has 1 aromatic carbocycles. The van der Waals surface area contributed by atoms with E-state index >= 15 is 0 Å². The Bertz CT molecular complexity index is 681. The number of carboxylic acid groups (broad SMARTS) is 1. The van der Waals surface area contributed by atoms with Crippen molar-refractivity contribution in [1.82, 2.24) is 9.97 Å². The van der Waals surface area contributed by atoms with Crippen LogP contribution >= 0.6 is 0 Å². The molecule has 0 spiro atoms. The number of hydrogen-bond donors (Lipinski definition) is 1. The van der Waals surface area contributed by atoms with Gasteiger partial charge in [0, 0.05) is 24.1 Å². The van der Waals surface area contributed by atoms with Crippen LogP contribution in [0.15, 0.2) is 30.5 Å². The molecule has 1 aliphatic carbocycles. The molecule has 0 unspecified atom stereocenters. The summed E-state index contributed by atoms with van der Waals surface area (Å²) in [5.74, 6) is 0.735. The van der Waals surface area contributed by atoms with Crippen molar-refractivity contribution in [3.63, 3.8) is 0 Å². The molecule has 2 aromatic rings. The number of para-hydroxylation sites is 1. The van der Waals surface area contributed by atoms with E-state index in [1.165, 1.54) is 6.20 Å². The van der Waals surface area contributed by atoms with Crippen LogP contribution in [0.1, 0.15) is 46.2 Å². The van der Waals surface area contributed by atoms with Crippen molar-refractivity contribution >= 4 is 5.97 Å². The van der Waals surface area contributed by atoms with Crippen LogP contribution in [0.4, 0.5) is 0 Å². The molecule has 1 N–H and O–H groups in total. The van der Waals surface area contributed by atoms with Crippen molar-refractivity contribution in [3.05, 3.63) is 53.1 Å². The fourth-order valence-electron chi connectivity index (χ4n) is 2.37. The molecule has 108 valence electrons. The second-order valence-electron chi connectivity index (χ2n) is 5.15. The van der Waals surface area contributed by atoms with Gasteiger partial charge in [0.25, 0.3) is 0 Å². The summed E-state index contributed by atoms with van der Waals surface area (Å²) >= 11 is 0. The van der Waals surface area contributed by atoms with Gasteiger partial charge in [0.15, 0.2) is 0 Å². The molecule has 3 rings (SSSR count). The summed E-state index contributed by atoms with van der Waals surface area (Å²) in [6, 6.07) is 7.70. The van der Waals surface area contributed by atoms with E-state index in [-0.39, 0.29) is 11.5 Å². The Morgan fingerprint density at radius 1 is 1.38 bits per heavy atom. The van der Waals surface area contributed by atoms with Gasteiger partial charge < -0.3 is 9.84 Å². The van der Waals surface area contributed by atoms with Gasteiger partial charge in [0.2, 0.25) is 0 Å². The molecule has 1 fully saturated rings. The molecule has 1 heterocycles. The zero-order chi connectivity index (χ0) is 14.8. The maximum Gasteiger partial charge on any atom is 0.339 e. The first kappa shape index (κ1) is 13.5. The Kier molecular flexibility index (Phi) is 3.56. The van der Waals surface area contributed by atoms with Gasteiger partial charge in [-0.1, -0.05) is 18.2 Å². The summed E-state index contributed by atoms with van der Waals surface area (Å²) in [4.78, 5) is 19.9. The van der Waals surface area contributed by atoms with Crippen molar-refractivity contribution in [2.24, 2.45) is 0 Å². The highest BCUT2D eigenvalue weighted by Crippen LogP contribution is 2.40. The number of aromatic carboxylic acids is 1. The van der Waals surface area contributed by atoms with E-state index in [9.17, 15) is 9.90 Å². The molecule has 1 saturated carbocycles. The number of methoxy groups -OCH3 is 1. The highest BCUT2D eigenvalue weighted by molar-refractivity contribution is 5.88. The Morgan fingerprint density at radius 2 is 2.14 bits per heavy atom. The van der Waals surface area contributed by atoms with Crippen LogP contribution in [0.25, 0.3) is 0 Å². The fraction of sp³-hybridized carbons (Fsp3) is 0.312. The Balaban J connectivity index is 1.92. The summed E-state index contributed by atoms with van der Waals surface area (Å²) < 4.78 is 5.32. The number of carbonyl (C=O) groups is 1. The van der Waals surface area contributed by atoms with E-state index in [1.807, 2.05) is 24.3 Å². The van der Waals surface area contributed by atoms with Crippen molar-refractivity contribution in [2.75, 3.05) is 7.11 Å². The van der Waals surface area contributed by atoms with Crippen LogP contribution < -0.4 is 4.74 Å². The van der Waals surface area contributed by atoms with Crippen LogP contribution in [0, 0.1) is 0 Å². The van der Waals surface area contributed by atoms with Crippen LogP contribution in [-0.4, -0.2) is 28.2 Å². The van der Waals surface area contributed by atoms with Gasteiger partial charge >= 0.3 is 5.97 Å². The Labute approximate surface area is 122 Å². The van der Waals surface area contributed by atoms with Crippen molar-refractivity contribution in [2.45, 2.75) is 25.2 Å². The number of hydrogen-bond acceptors (Lipinski definition) is 4. The molecule has 0 amide bonds. The maximum atomic E-state index is 11.2. The minimum absolute atomic E-state index is 0.223. The highest BCUT2D eigenvalue weighted by Gasteiger charge is 2.30. The van der Waals surface area contributed by atoms with Crippen molar-refractivity contribution in [1.29, 1.82) is 0 Å². The average Bonchev–Trinajstić information content (AvgIpc) is 3.32. The second-order valence-corrected chi connectivity index (χ2v) is 5.15. The zero-order valence-electron chi connectivity index (χ0n) is 11.7. The molecular formula is C16H16N2O3. The largest absolute Gasteiger partial charge is 0.496 e. The second kappa shape index (κ2) is 5.52. The van der Waals surface area contributed by atoms with Gasteiger partial charge in [-0.15, -0.1) is 0 Å². The van der Waals surface area contributed by atoms with Gasteiger partial charge in [-0.3, -0.25) is 0 Å². The summed E-state index contributed by atoms with van der Waals surface area (Å²) in [6.45, 7) is 0. The third kappa shape index (κ3) is 2.86. The first-order valence-electron chi connectivity index (χ1n) is 6.90. The third-order valence-electron chi connectivity index (χ3n) is 3.60. The van der Waals surface area contributed by atoms with E-state index in [2.05, 4.69) is 9.97 Å². The van der Waals surface area contributed by atoms with Crippen LogP contribution in [0.5, 0.6) is 5.75 Å². The summed E-state index contributed by atoms with van der Waals surface area (Å²) in [7, 11) is 1.63. The molecule has 1 aromatic heterocycles. The lowest BCUT2D eigenvalue weighted by Gasteiger charge is -2.09. The minimum Gasteiger partial charge on any atom is -0.496 e. The minimum atomic E-state index is -0.958. The van der Waals surface area contributed by atoms with Crippen LogP contribution in [0.2, 0.25) is 0 Å². The summed E-state index contributed by atoms with van der Waals surface area (Å²) in [5.41, 5.74) is 1.88. The van der Waals surface area contributed by atoms with Gasteiger partial charge in [-0.2, -0.15) is 0 Å². The number of aromatic nitrogens is 2. The third-order valence-corrected chi connectivity index (χ3v) is 3.60. The molecule has 0 aliphatic heterocycles. The Hall–Kier alpha value is -2.43. The predicted octanol–water partition coefficient (Wildman–Crippen LogP) is 2.65. The molecule has 21 heavy (non-hydrogen) atoms. The molecule has 0 bridgehead atoms. The van der Waals surface area contributed by atoms with Crippen LogP contribution in [-0.2, 0) is 6.42 Å². The maximum absolute atomic E-state index is 11.2. The van der Waals surface area contributed by atoms with E-state index in [0.717, 1.165) is 24.2 Å². The first-order valence-corrected chi connectivity index (χ1v) is 6.90. The number of ether oxygens (including phenoxy) is 1. The molecule has 0 radical (unpaired) electrons. The number of rotatable bonds is 5. The normalized spacial score (nSPS) is 14.0. The lowest BCUT2D eigenvalue weighted by atomic mass is 10.1. The molecule has 1 aliphatic rings. The first-order chi connectivity index (χ1) is 10.2. The molecule has 5 heteroatoms. The van der Waals surface area contributed by atoms with Crippen molar-refractivity contribution < 1.29 is 14.6 Å². The standard InChI is InChI=1S/C16H16N2O3/c1-21-13-5-3-2-4-11(13)8-14-17-9-12(16(19)20)15(18-14)10-6-7-10/h2-5,9-10H,6-8H2,1H3,(H,19,20). The van der Waals surface area contributed by atoms with Crippen molar-refractivity contribution in [3.8, 4) is 5.75 Å². The fourth-order valence-corrected chi connectivity index (χ4v) is 2.37. The van der Waals surface area contributed by atoms with E-state index in [4.69, 9.17) is 4.74 Å².